The molecule has 4 rings (SSSR count). The van der Waals surface area contributed by atoms with E-state index >= 15 is 0 Å². The lowest BCUT2D eigenvalue weighted by Gasteiger charge is -2.42. The second kappa shape index (κ2) is 6.04. The molecule has 0 amide bonds. The number of pyridine rings is 1. The Morgan fingerprint density at radius 3 is 2.48 bits per heavy atom. The van der Waals surface area contributed by atoms with E-state index < -0.39 is 20.1 Å². The molecule has 2 aliphatic heterocycles. The highest BCUT2D eigenvalue weighted by Gasteiger charge is 2.46. The molecule has 0 spiro atoms. The van der Waals surface area contributed by atoms with E-state index in [0.717, 1.165) is 35.6 Å². The van der Waals surface area contributed by atoms with Crippen LogP contribution in [0.1, 0.15) is 43.2 Å². The summed E-state index contributed by atoms with van der Waals surface area (Å²) < 4.78 is 24.8. The van der Waals surface area contributed by atoms with Crippen LogP contribution in [0.3, 0.4) is 0 Å². The van der Waals surface area contributed by atoms with Gasteiger partial charge in [-0.15, -0.1) is 0 Å². The van der Waals surface area contributed by atoms with Crippen LogP contribution in [0, 0.1) is 6.92 Å². The third-order valence-electron chi connectivity index (χ3n) is 6.01. The van der Waals surface area contributed by atoms with Crippen LogP contribution in [0.25, 0.3) is 0 Å². The van der Waals surface area contributed by atoms with Crippen molar-refractivity contribution in [3.05, 3.63) is 52.7 Å². The van der Waals surface area contributed by atoms with Gasteiger partial charge in [-0.25, -0.2) is 13.4 Å². The fourth-order valence-electron chi connectivity index (χ4n) is 3.88. The topological polar surface area (TPSA) is 71.1 Å². The minimum absolute atomic E-state index is 0.0970. The smallest absolute Gasteiger partial charge is 0.158 e. The molecule has 1 unspecified atom stereocenters. The zero-order chi connectivity index (χ0) is 19.4. The van der Waals surface area contributed by atoms with E-state index in [-0.39, 0.29) is 5.75 Å². The summed E-state index contributed by atoms with van der Waals surface area (Å²) in [7, 11) is -3.19. The largest absolute Gasteiger partial charge is 0.340 e. The molecule has 1 aromatic carbocycles. The molecule has 5 nitrogen and oxygen atoms in total. The third kappa shape index (κ3) is 3.15. The van der Waals surface area contributed by atoms with E-state index in [0.29, 0.717) is 6.54 Å². The van der Waals surface area contributed by atoms with E-state index in [1.807, 2.05) is 19.9 Å². The van der Waals surface area contributed by atoms with Gasteiger partial charge in [-0.3, -0.25) is 0 Å². The SMILES string of the molecule is Cc1ccc2c(n1)Nc1cc(C3(C)CS(=O)(=O)C(C)(C)CN3)ccc1CC2. The Balaban J connectivity index is 1.72. The van der Waals surface area contributed by atoms with Crippen LogP contribution in [-0.4, -0.2) is 30.4 Å². The number of benzene rings is 1. The van der Waals surface area contributed by atoms with Crippen LogP contribution in [0.2, 0.25) is 0 Å². The highest BCUT2D eigenvalue weighted by molar-refractivity contribution is 7.92. The summed E-state index contributed by atoms with van der Waals surface area (Å²) in [5.41, 5.74) is 4.84. The zero-order valence-electron chi connectivity index (χ0n) is 16.4. The summed E-state index contributed by atoms with van der Waals surface area (Å²) in [6.45, 7) is 8.00. The molecule has 144 valence electrons. The third-order valence-corrected chi connectivity index (χ3v) is 8.79. The van der Waals surface area contributed by atoms with E-state index in [4.69, 9.17) is 0 Å². The number of rotatable bonds is 1. The zero-order valence-corrected chi connectivity index (χ0v) is 17.2. The van der Waals surface area contributed by atoms with Gasteiger partial charge in [-0.2, -0.15) is 0 Å². The molecule has 6 heteroatoms. The number of aryl methyl sites for hydroxylation is 3. The number of anilines is 2. The summed E-state index contributed by atoms with van der Waals surface area (Å²) in [5.74, 6) is 1.00. The van der Waals surface area contributed by atoms with Gasteiger partial charge in [0.2, 0.25) is 0 Å². The lowest BCUT2D eigenvalue weighted by atomic mass is 9.90. The Kier molecular flexibility index (Phi) is 4.13. The summed E-state index contributed by atoms with van der Waals surface area (Å²) in [5, 5.41) is 6.97. The van der Waals surface area contributed by atoms with Crippen molar-refractivity contribution < 1.29 is 8.42 Å². The molecule has 0 saturated carbocycles. The van der Waals surface area contributed by atoms with Gasteiger partial charge in [0.1, 0.15) is 5.82 Å². The van der Waals surface area contributed by atoms with E-state index in [9.17, 15) is 8.42 Å². The monoisotopic (exact) mass is 385 g/mol. The number of nitrogens with one attached hydrogen (secondary N) is 2. The highest BCUT2D eigenvalue weighted by Crippen LogP contribution is 2.36. The average Bonchev–Trinajstić information content (AvgIpc) is 2.76. The van der Waals surface area contributed by atoms with Crippen molar-refractivity contribution in [1.82, 2.24) is 10.3 Å². The molecule has 1 aromatic heterocycles. The Morgan fingerprint density at radius 2 is 1.74 bits per heavy atom. The molecular weight excluding hydrogens is 358 g/mol. The number of hydrogen-bond donors (Lipinski definition) is 2. The molecular formula is C21H27N3O2S. The molecule has 0 aliphatic carbocycles. The summed E-state index contributed by atoms with van der Waals surface area (Å²) in [6.07, 6.45) is 1.88. The molecule has 3 heterocycles. The minimum atomic E-state index is -3.19. The quantitative estimate of drug-likeness (QED) is 0.789. The molecule has 1 saturated heterocycles. The van der Waals surface area contributed by atoms with E-state index in [1.54, 1.807) is 13.8 Å². The minimum Gasteiger partial charge on any atom is -0.340 e. The fourth-order valence-corrected chi connectivity index (χ4v) is 5.59. The van der Waals surface area contributed by atoms with E-state index in [1.165, 1.54) is 11.1 Å². The first-order valence-corrected chi connectivity index (χ1v) is 11.1. The normalized spacial score (nSPS) is 25.6. The Morgan fingerprint density at radius 1 is 1.04 bits per heavy atom. The van der Waals surface area contributed by atoms with Crippen molar-refractivity contribution in [2.45, 2.75) is 50.8 Å². The number of aromatic nitrogens is 1. The van der Waals surface area contributed by atoms with Gasteiger partial charge in [0.05, 0.1) is 16.0 Å². The second-order valence-corrected chi connectivity index (χ2v) is 11.3. The number of nitrogens with zero attached hydrogens (tertiary/aromatic N) is 1. The predicted octanol–water partition coefficient (Wildman–Crippen LogP) is 3.24. The maximum atomic E-state index is 12.8. The number of sulfone groups is 1. The highest BCUT2D eigenvalue weighted by atomic mass is 32.2. The Hall–Kier alpha value is -1.92. The second-order valence-electron chi connectivity index (χ2n) is 8.66. The van der Waals surface area contributed by atoms with Crippen LogP contribution in [0.5, 0.6) is 0 Å². The van der Waals surface area contributed by atoms with Gasteiger partial charge in [0.25, 0.3) is 0 Å². The first kappa shape index (κ1) is 18.4. The lowest BCUT2D eigenvalue weighted by Crippen LogP contribution is -2.60. The maximum Gasteiger partial charge on any atom is 0.158 e. The van der Waals surface area contributed by atoms with Gasteiger partial charge < -0.3 is 10.6 Å². The van der Waals surface area contributed by atoms with Crippen LogP contribution >= 0.6 is 0 Å². The first-order chi connectivity index (χ1) is 12.6. The van der Waals surface area contributed by atoms with Crippen molar-refractivity contribution in [3.63, 3.8) is 0 Å². The molecule has 2 aromatic rings. The lowest BCUT2D eigenvalue weighted by molar-refractivity contribution is 0.349. The van der Waals surface area contributed by atoms with Crippen molar-refractivity contribution in [3.8, 4) is 0 Å². The van der Waals surface area contributed by atoms with Crippen molar-refractivity contribution in [2.24, 2.45) is 0 Å². The molecule has 1 fully saturated rings. The molecule has 27 heavy (non-hydrogen) atoms. The predicted molar refractivity (Wildman–Crippen MR) is 109 cm³/mol. The molecule has 2 N–H and O–H groups in total. The fraction of sp³-hybridized carbons (Fsp3) is 0.476. The molecule has 0 radical (unpaired) electrons. The first-order valence-electron chi connectivity index (χ1n) is 9.44. The molecule has 1 atom stereocenters. The van der Waals surface area contributed by atoms with Crippen LogP contribution in [-0.2, 0) is 28.2 Å². The number of hydrogen-bond acceptors (Lipinski definition) is 5. The van der Waals surface area contributed by atoms with Gasteiger partial charge in [0.15, 0.2) is 9.84 Å². The molecule has 0 bridgehead atoms. The summed E-state index contributed by atoms with van der Waals surface area (Å²) in [6, 6.07) is 10.5. The van der Waals surface area contributed by atoms with Gasteiger partial charge >= 0.3 is 0 Å². The van der Waals surface area contributed by atoms with Crippen LogP contribution < -0.4 is 10.6 Å². The van der Waals surface area contributed by atoms with Crippen LogP contribution in [0.15, 0.2) is 30.3 Å². The van der Waals surface area contributed by atoms with Crippen LogP contribution in [0.4, 0.5) is 11.5 Å². The number of fused-ring (bicyclic) bond motifs is 2. The Labute approximate surface area is 161 Å². The van der Waals surface area contributed by atoms with Crippen molar-refractivity contribution in [1.29, 1.82) is 0 Å². The van der Waals surface area contributed by atoms with Crippen molar-refractivity contribution in [2.75, 3.05) is 17.6 Å². The van der Waals surface area contributed by atoms with Gasteiger partial charge in [-0.05, 0) is 69.4 Å². The standard InChI is InChI=1S/C21H27N3O2S/c1-14-5-6-16-8-7-15-9-10-17(11-18(15)24-19(16)23-14)21(4)13-27(25,26)20(2,3)12-22-21/h5-6,9-11,22H,7-8,12-13H2,1-4H3,(H,23,24). The van der Waals surface area contributed by atoms with E-state index in [2.05, 4.69) is 39.9 Å². The van der Waals surface area contributed by atoms with Gasteiger partial charge in [0, 0.05) is 17.9 Å². The average molecular weight is 386 g/mol. The Bertz CT molecular complexity index is 1010. The summed E-state index contributed by atoms with van der Waals surface area (Å²) in [4.78, 5) is 4.65. The van der Waals surface area contributed by atoms with Crippen molar-refractivity contribution >= 4 is 21.3 Å². The summed E-state index contributed by atoms with van der Waals surface area (Å²) >= 11 is 0. The molecule has 2 aliphatic rings. The van der Waals surface area contributed by atoms with Gasteiger partial charge in [-0.1, -0.05) is 18.2 Å². The maximum absolute atomic E-state index is 12.8.